The van der Waals surface area contributed by atoms with Crippen molar-refractivity contribution in [3.8, 4) is 0 Å². The first-order chi connectivity index (χ1) is 9.01. The number of H-pyrrole nitrogens is 1. The summed E-state index contributed by atoms with van der Waals surface area (Å²) in [6, 6.07) is 4.47. The second-order valence-electron chi connectivity index (χ2n) is 4.78. The van der Waals surface area contributed by atoms with E-state index in [2.05, 4.69) is 9.97 Å². The molecule has 2 aromatic rings. The number of aromatic amines is 1. The van der Waals surface area contributed by atoms with Crippen LogP contribution in [0.1, 0.15) is 30.0 Å². The van der Waals surface area contributed by atoms with E-state index >= 15 is 0 Å². The van der Waals surface area contributed by atoms with Gasteiger partial charge in [-0.15, -0.1) is 0 Å². The quantitative estimate of drug-likeness (QED) is 0.572. The van der Waals surface area contributed by atoms with Crippen molar-refractivity contribution in [3.63, 3.8) is 0 Å². The summed E-state index contributed by atoms with van der Waals surface area (Å²) >= 11 is 0. The van der Waals surface area contributed by atoms with Crippen LogP contribution in [0.25, 0.3) is 10.9 Å². The van der Waals surface area contributed by atoms with E-state index < -0.39 is 5.91 Å². The molecule has 6 nitrogen and oxygen atoms in total. The monoisotopic (exact) mass is 261 g/mol. The van der Waals surface area contributed by atoms with Crippen LogP contribution >= 0.6 is 0 Å². The zero-order chi connectivity index (χ0) is 14.0. The van der Waals surface area contributed by atoms with Gasteiger partial charge in [-0.05, 0) is 24.1 Å². The molecule has 0 spiro atoms. The number of hydrogen-bond donors (Lipinski definition) is 3. The van der Waals surface area contributed by atoms with E-state index in [1.807, 2.05) is 13.8 Å². The SMILES string of the molecule is CC(C)Cc1nc2cc(C(=O)NO)ccc2c(=O)[nH]1. The second-order valence-corrected chi connectivity index (χ2v) is 4.78. The average molecular weight is 261 g/mol. The minimum Gasteiger partial charge on any atom is -0.310 e. The lowest BCUT2D eigenvalue weighted by atomic mass is 10.1. The van der Waals surface area contributed by atoms with Gasteiger partial charge in [-0.3, -0.25) is 14.8 Å². The average Bonchev–Trinajstić information content (AvgIpc) is 2.36. The van der Waals surface area contributed by atoms with Crippen molar-refractivity contribution in [2.75, 3.05) is 0 Å². The van der Waals surface area contributed by atoms with E-state index in [0.717, 1.165) is 0 Å². The first kappa shape index (κ1) is 13.2. The lowest BCUT2D eigenvalue weighted by molar-refractivity contribution is 0.0706. The fourth-order valence-electron chi connectivity index (χ4n) is 1.88. The normalized spacial score (nSPS) is 10.9. The molecule has 0 radical (unpaired) electrons. The van der Waals surface area contributed by atoms with Crippen molar-refractivity contribution < 1.29 is 10.0 Å². The van der Waals surface area contributed by atoms with Crippen LogP contribution in [0.3, 0.4) is 0 Å². The van der Waals surface area contributed by atoms with Crippen LogP contribution in [0.4, 0.5) is 0 Å². The molecular formula is C13H15N3O3. The number of carbonyl (C=O) groups excluding carboxylic acids is 1. The fraction of sp³-hybridized carbons (Fsp3) is 0.308. The topological polar surface area (TPSA) is 95.1 Å². The van der Waals surface area contributed by atoms with Crippen LogP contribution < -0.4 is 11.0 Å². The van der Waals surface area contributed by atoms with Gasteiger partial charge in [0, 0.05) is 12.0 Å². The van der Waals surface area contributed by atoms with Gasteiger partial charge in [0.25, 0.3) is 11.5 Å². The molecule has 1 amide bonds. The van der Waals surface area contributed by atoms with Crippen molar-refractivity contribution in [1.29, 1.82) is 0 Å². The van der Waals surface area contributed by atoms with Crippen molar-refractivity contribution in [2.45, 2.75) is 20.3 Å². The Labute approximate surface area is 109 Å². The van der Waals surface area contributed by atoms with Crippen molar-refractivity contribution >= 4 is 16.8 Å². The van der Waals surface area contributed by atoms with E-state index in [9.17, 15) is 9.59 Å². The zero-order valence-corrected chi connectivity index (χ0v) is 10.7. The molecule has 2 rings (SSSR count). The van der Waals surface area contributed by atoms with Gasteiger partial charge in [0.2, 0.25) is 0 Å². The van der Waals surface area contributed by atoms with Gasteiger partial charge in [0.15, 0.2) is 0 Å². The van der Waals surface area contributed by atoms with Gasteiger partial charge in [-0.25, -0.2) is 10.5 Å². The second kappa shape index (κ2) is 5.19. The molecule has 100 valence electrons. The summed E-state index contributed by atoms with van der Waals surface area (Å²) in [5, 5.41) is 9.02. The maximum atomic E-state index is 11.9. The highest BCUT2D eigenvalue weighted by atomic mass is 16.5. The molecule has 0 aliphatic carbocycles. The number of rotatable bonds is 3. The van der Waals surface area contributed by atoms with Crippen LogP contribution in [-0.2, 0) is 6.42 Å². The molecule has 1 heterocycles. The molecule has 0 unspecified atom stereocenters. The maximum absolute atomic E-state index is 11.9. The molecule has 0 bridgehead atoms. The molecule has 19 heavy (non-hydrogen) atoms. The largest absolute Gasteiger partial charge is 0.310 e. The third-order valence-corrected chi connectivity index (χ3v) is 2.72. The number of fused-ring (bicyclic) bond motifs is 1. The highest BCUT2D eigenvalue weighted by molar-refractivity contribution is 5.96. The number of carbonyl (C=O) groups is 1. The first-order valence-electron chi connectivity index (χ1n) is 5.98. The number of aromatic nitrogens is 2. The van der Waals surface area contributed by atoms with Crippen LogP contribution in [0, 0.1) is 5.92 Å². The Hall–Kier alpha value is -2.21. The predicted molar refractivity (Wildman–Crippen MR) is 70.2 cm³/mol. The Morgan fingerprint density at radius 3 is 2.84 bits per heavy atom. The van der Waals surface area contributed by atoms with Crippen LogP contribution in [0.15, 0.2) is 23.0 Å². The zero-order valence-electron chi connectivity index (χ0n) is 10.7. The summed E-state index contributed by atoms with van der Waals surface area (Å²) in [5.41, 5.74) is 2.03. The molecule has 3 N–H and O–H groups in total. The summed E-state index contributed by atoms with van der Waals surface area (Å²) < 4.78 is 0. The molecule has 0 aliphatic heterocycles. The molecule has 0 saturated heterocycles. The van der Waals surface area contributed by atoms with Crippen molar-refractivity contribution in [2.24, 2.45) is 5.92 Å². The summed E-state index contributed by atoms with van der Waals surface area (Å²) in [4.78, 5) is 30.3. The molecule has 1 aromatic carbocycles. The van der Waals surface area contributed by atoms with Gasteiger partial charge in [0.1, 0.15) is 5.82 Å². The third kappa shape index (κ3) is 2.79. The smallest absolute Gasteiger partial charge is 0.274 e. The van der Waals surface area contributed by atoms with Crippen LogP contribution in [0.2, 0.25) is 0 Å². The first-order valence-corrected chi connectivity index (χ1v) is 5.98. The molecular weight excluding hydrogens is 246 g/mol. The standard InChI is InChI=1S/C13H15N3O3/c1-7(2)5-11-14-10-6-8(12(17)16-19)3-4-9(10)13(18)15-11/h3-4,6-7,19H,5H2,1-2H3,(H,16,17)(H,14,15,18). The van der Waals surface area contributed by atoms with E-state index in [1.165, 1.54) is 18.2 Å². The number of benzene rings is 1. The van der Waals surface area contributed by atoms with E-state index in [-0.39, 0.29) is 11.1 Å². The molecule has 6 heteroatoms. The minimum absolute atomic E-state index is 0.225. The molecule has 0 fully saturated rings. The number of hydrogen-bond acceptors (Lipinski definition) is 4. The van der Waals surface area contributed by atoms with Gasteiger partial charge in [-0.1, -0.05) is 13.8 Å². The van der Waals surface area contributed by atoms with Crippen molar-refractivity contribution in [1.82, 2.24) is 15.4 Å². The lowest BCUT2D eigenvalue weighted by Gasteiger charge is -2.06. The number of amides is 1. The van der Waals surface area contributed by atoms with E-state index in [1.54, 1.807) is 5.48 Å². The highest BCUT2D eigenvalue weighted by Gasteiger charge is 2.09. The summed E-state index contributed by atoms with van der Waals surface area (Å²) in [6.45, 7) is 4.06. The van der Waals surface area contributed by atoms with Gasteiger partial charge in [-0.2, -0.15) is 0 Å². The van der Waals surface area contributed by atoms with E-state index in [4.69, 9.17) is 5.21 Å². The Morgan fingerprint density at radius 1 is 1.47 bits per heavy atom. The maximum Gasteiger partial charge on any atom is 0.274 e. The molecule has 0 atom stereocenters. The van der Waals surface area contributed by atoms with Crippen molar-refractivity contribution in [3.05, 3.63) is 39.9 Å². The number of hydroxylamine groups is 1. The third-order valence-electron chi connectivity index (χ3n) is 2.72. The number of nitrogens with zero attached hydrogens (tertiary/aromatic N) is 1. The lowest BCUT2D eigenvalue weighted by Crippen LogP contribution is -2.19. The summed E-state index contributed by atoms with van der Waals surface area (Å²) in [6.07, 6.45) is 0.654. The van der Waals surface area contributed by atoms with Crippen LogP contribution in [-0.4, -0.2) is 21.1 Å². The van der Waals surface area contributed by atoms with Gasteiger partial charge >= 0.3 is 0 Å². The van der Waals surface area contributed by atoms with Crippen LogP contribution in [0.5, 0.6) is 0 Å². The molecule has 0 saturated carbocycles. The van der Waals surface area contributed by atoms with E-state index in [0.29, 0.717) is 29.1 Å². The Balaban J connectivity index is 2.56. The Morgan fingerprint density at radius 2 is 2.21 bits per heavy atom. The molecule has 0 aliphatic rings. The predicted octanol–water partition coefficient (Wildman–Crippen LogP) is 1.24. The van der Waals surface area contributed by atoms with Gasteiger partial charge in [0.05, 0.1) is 10.9 Å². The summed E-state index contributed by atoms with van der Waals surface area (Å²) in [5.74, 6) is 0.327. The number of nitrogens with one attached hydrogen (secondary N) is 2. The molecule has 1 aromatic heterocycles. The Kier molecular flexibility index (Phi) is 3.62. The summed E-state index contributed by atoms with van der Waals surface area (Å²) in [7, 11) is 0. The fourth-order valence-corrected chi connectivity index (χ4v) is 1.88. The minimum atomic E-state index is -0.630. The van der Waals surface area contributed by atoms with Gasteiger partial charge < -0.3 is 4.98 Å². The highest BCUT2D eigenvalue weighted by Crippen LogP contribution is 2.12. The Bertz CT molecular complexity index is 676.